The van der Waals surface area contributed by atoms with Crippen molar-refractivity contribution >= 4 is 35.7 Å². The van der Waals surface area contributed by atoms with Gasteiger partial charge in [-0.25, -0.2) is 4.98 Å². The summed E-state index contributed by atoms with van der Waals surface area (Å²) in [5.41, 5.74) is 18.3. The van der Waals surface area contributed by atoms with Crippen molar-refractivity contribution in [3.63, 3.8) is 0 Å². The highest BCUT2D eigenvalue weighted by Gasteiger charge is 2.29. The fourth-order valence-electron chi connectivity index (χ4n) is 4.63. The molecule has 0 fully saturated rings. The highest BCUT2D eigenvalue weighted by molar-refractivity contribution is 5.97. The van der Waals surface area contributed by atoms with Gasteiger partial charge in [-0.05, 0) is 42.2 Å². The molecule has 0 radical (unpaired) electrons. The molecule has 15 nitrogen and oxygen atoms in total. The molecule has 2 aromatic carbocycles. The number of imidazole rings is 1. The van der Waals surface area contributed by atoms with E-state index in [0.717, 1.165) is 5.56 Å². The number of carbonyl (C=O) groups is 4. The molecular weight excluding hydrogens is 594 g/mol. The molecule has 46 heavy (non-hydrogen) atoms. The second-order valence-electron chi connectivity index (χ2n) is 10.5. The molecule has 1 aliphatic rings. The van der Waals surface area contributed by atoms with Crippen LogP contribution < -0.4 is 42.6 Å². The smallest absolute Gasteiger partial charge is 0.244 e. The monoisotopic (exact) mass is 631 g/mol. The van der Waals surface area contributed by atoms with Crippen LogP contribution in [-0.2, 0) is 32.0 Å². The van der Waals surface area contributed by atoms with Gasteiger partial charge in [-0.2, -0.15) is 0 Å². The number of fused-ring (bicyclic) bond motifs is 1. The number of rotatable bonds is 16. The van der Waals surface area contributed by atoms with Gasteiger partial charge in [0.25, 0.3) is 0 Å². The molecule has 3 atom stereocenters. The lowest BCUT2D eigenvalue weighted by atomic mass is 10.0. The number of guanidine groups is 1. The van der Waals surface area contributed by atoms with Gasteiger partial charge in [0.15, 0.2) is 17.5 Å². The third-order valence-corrected chi connectivity index (χ3v) is 6.96. The van der Waals surface area contributed by atoms with Crippen molar-refractivity contribution in [3.05, 3.63) is 84.0 Å². The van der Waals surface area contributed by atoms with Crippen molar-refractivity contribution in [1.29, 1.82) is 0 Å². The topological polar surface area (TPSA) is 242 Å². The number of ether oxygens (including phenoxy) is 2. The predicted molar refractivity (Wildman–Crippen MR) is 169 cm³/mol. The lowest BCUT2D eigenvalue weighted by Crippen LogP contribution is -2.57. The summed E-state index contributed by atoms with van der Waals surface area (Å²) in [5, 5.41) is 8.10. The number of primary amides is 1. The lowest BCUT2D eigenvalue weighted by Gasteiger charge is -2.24. The molecule has 15 heteroatoms. The van der Waals surface area contributed by atoms with Crippen LogP contribution in [0.2, 0.25) is 0 Å². The van der Waals surface area contributed by atoms with Crippen LogP contribution in [0.5, 0.6) is 11.5 Å². The Bertz CT molecular complexity index is 1560. The number of nitrogens with one attached hydrogen (secondary N) is 4. The van der Waals surface area contributed by atoms with E-state index in [0.29, 0.717) is 29.2 Å². The maximum absolute atomic E-state index is 13.7. The summed E-state index contributed by atoms with van der Waals surface area (Å²) in [6.45, 7) is 0.365. The zero-order valence-electron chi connectivity index (χ0n) is 25.0. The van der Waals surface area contributed by atoms with Gasteiger partial charge in [-0.15, -0.1) is 0 Å². The van der Waals surface area contributed by atoms with Crippen LogP contribution in [0.3, 0.4) is 0 Å². The molecule has 4 rings (SSSR count). The zero-order valence-corrected chi connectivity index (χ0v) is 25.0. The largest absolute Gasteiger partial charge is 0.454 e. The van der Waals surface area contributed by atoms with Gasteiger partial charge >= 0.3 is 0 Å². The summed E-state index contributed by atoms with van der Waals surface area (Å²) in [5.74, 6) is -1.46. The number of hydrogen-bond donors (Lipinski definition) is 7. The molecule has 3 aromatic rings. The van der Waals surface area contributed by atoms with E-state index < -0.39 is 41.8 Å². The Kier molecular flexibility index (Phi) is 11.7. The minimum absolute atomic E-state index is 0.0593. The Hall–Kier alpha value is -5.86. The minimum Gasteiger partial charge on any atom is -0.454 e. The van der Waals surface area contributed by atoms with E-state index >= 15 is 0 Å². The van der Waals surface area contributed by atoms with Crippen molar-refractivity contribution in [3.8, 4) is 11.5 Å². The minimum atomic E-state index is -1.11. The molecule has 1 aromatic heterocycles. The average molecular weight is 632 g/mol. The van der Waals surface area contributed by atoms with E-state index in [1.807, 2.05) is 6.07 Å². The van der Waals surface area contributed by atoms with E-state index in [2.05, 4.69) is 30.9 Å². The number of benzene rings is 2. The van der Waals surface area contributed by atoms with Crippen molar-refractivity contribution in [2.45, 2.75) is 43.8 Å². The van der Waals surface area contributed by atoms with Gasteiger partial charge in [0.05, 0.1) is 6.33 Å². The van der Waals surface area contributed by atoms with E-state index in [1.54, 1.807) is 48.5 Å². The number of H-pyrrole nitrogens is 1. The Morgan fingerprint density at radius 2 is 1.63 bits per heavy atom. The number of amides is 4. The van der Waals surface area contributed by atoms with Crippen LogP contribution in [0.15, 0.2) is 72.1 Å². The summed E-state index contributed by atoms with van der Waals surface area (Å²) in [6, 6.07) is 11.0. The molecule has 4 amide bonds. The standard InChI is InChI=1S/C31H37N9O6/c32-28(42)22(7-4-12-36-31(33)34)39-29(43)23(13-19-5-2-1-3-6-19)40-30(44)24(15-21-16-35-17-37-21)38-27(41)11-9-20-8-10-25-26(14-20)46-18-45-25/h1-3,5-6,8-11,14,16-17,22-24H,4,7,12-13,15,18H2,(H2,32,42)(H,35,37)(H,38,41)(H,39,43)(H,40,44)(H4,33,34,36)/b11-9+/t22-,23-,24+/m1/s1. The molecule has 10 N–H and O–H groups in total. The van der Waals surface area contributed by atoms with Crippen molar-refractivity contribution in [2.75, 3.05) is 13.3 Å². The maximum atomic E-state index is 13.7. The van der Waals surface area contributed by atoms with E-state index in [4.69, 9.17) is 26.7 Å². The summed E-state index contributed by atoms with van der Waals surface area (Å²) >= 11 is 0. The molecule has 242 valence electrons. The third-order valence-electron chi connectivity index (χ3n) is 6.96. The number of aromatic amines is 1. The number of nitrogens with zero attached hydrogens (tertiary/aromatic N) is 2. The van der Waals surface area contributed by atoms with Crippen molar-refractivity contribution in [2.24, 2.45) is 22.2 Å². The fraction of sp³-hybridized carbons (Fsp3) is 0.290. The Morgan fingerprint density at radius 3 is 2.33 bits per heavy atom. The Balaban J connectivity index is 1.48. The van der Waals surface area contributed by atoms with E-state index in [-0.39, 0.29) is 38.6 Å². The van der Waals surface area contributed by atoms with Crippen LogP contribution >= 0.6 is 0 Å². The number of aromatic nitrogens is 2. The molecule has 0 spiro atoms. The normalized spacial score (nSPS) is 13.7. The van der Waals surface area contributed by atoms with Crippen LogP contribution in [0.4, 0.5) is 0 Å². The SMILES string of the molecule is NC(=O)[C@@H](CCCN=C(N)N)NC(=O)[C@@H](Cc1ccccc1)NC(=O)[C@H](Cc1cnc[nH]1)NC(=O)/C=C/c1ccc2c(c1)OCO2. The molecule has 0 bridgehead atoms. The van der Waals surface area contributed by atoms with E-state index in [9.17, 15) is 19.2 Å². The third kappa shape index (κ3) is 10.1. The number of nitrogens with two attached hydrogens (primary N) is 3. The van der Waals surface area contributed by atoms with Gasteiger partial charge in [0.1, 0.15) is 18.1 Å². The maximum Gasteiger partial charge on any atom is 0.244 e. The number of carbonyl (C=O) groups excluding carboxylic acids is 4. The Labute approximate surface area is 265 Å². The van der Waals surface area contributed by atoms with Crippen LogP contribution in [0, 0.1) is 0 Å². The van der Waals surface area contributed by atoms with Gasteiger partial charge in [0, 0.05) is 37.4 Å². The summed E-state index contributed by atoms with van der Waals surface area (Å²) in [6.07, 6.45) is 6.56. The highest BCUT2D eigenvalue weighted by Crippen LogP contribution is 2.32. The van der Waals surface area contributed by atoms with Gasteiger partial charge in [0.2, 0.25) is 30.4 Å². The van der Waals surface area contributed by atoms with Crippen molar-refractivity contribution < 1.29 is 28.7 Å². The summed E-state index contributed by atoms with van der Waals surface area (Å²) in [4.78, 5) is 63.1. The van der Waals surface area contributed by atoms with E-state index in [1.165, 1.54) is 18.6 Å². The first-order valence-corrected chi connectivity index (χ1v) is 14.5. The summed E-state index contributed by atoms with van der Waals surface area (Å²) < 4.78 is 10.7. The van der Waals surface area contributed by atoms with Crippen LogP contribution in [0.1, 0.15) is 29.7 Å². The van der Waals surface area contributed by atoms with Crippen molar-refractivity contribution in [1.82, 2.24) is 25.9 Å². The molecule has 0 unspecified atom stereocenters. The second-order valence-corrected chi connectivity index (χ2v) is 10.5. The number of hydrogen-bond acceptors (Lipinski definition) is 8. The first kappa shape index (κ1) is 33.0. The predicted octanol–water partition coefficient (Wildman–Crippen LogP) is -0.370. The molecule has 0 aliphatic carbocycles. The van der Waals surface area contributed by atoms with Crippen LogP contribution in [0.25, 0.3) is 6.08 Å². The molecule has 1 aliphatic heterocycles. The Morgan fingerprint density at radius 1 is 0.913 bits per heavy atom. The summed E-state index contributed by atoms with van der Waals surface area (Å²) in [7, 11) is 0. The first-order chi connectivity index (χ1) is 22.2. The average Bonchev–Trinajstić information content (AvgIpc) is 3.73. The number of aliphatic imine (C=N–C) groups is 1. The quantitative estimate of drug-likeness (QED) is 0.0471. The highest BCUT2D eigenvalue weighted by atomic mass is 16.7. The van der Waals surface area contributed by atoms with Crippen LogP contribution in [-0.4, -0.2) is 71.0 Å². The fourth-order valence-corrected chi connectivity index (χ4v) is 4.63. The van der Waals surface area contributed by atoms with Gasteiger partial charge in [-0.1, -0.05) is 36.4 Å². The van der Waals surface area contributed by atoms with Gasteiger partial charge < -0.3 is 47.6 Å². The lowest BCUT2D eigenvalue weighted by molar-refractivity contribution is -0.132. The first-order valence-electron chi connectivity index (χ1n) is 14.5. The van der Waals surface area contributed by atoms with Gasteiger partial charge in [-0.3, -0.25) is 24.2 Å². The molecule has 0 saturated heterocycles. The molecule has 2 heterocycles. The zero-order chi connectivity index (χ0) is 32.9. The molecular formula is C31H37N9O6. The molecule has 0 saturated carbocycles. The second kappa shape index (κ2) is 16.3.